The van der Waals surface area contributed by atoms with Gasteiger partial charge in [0.25, 0.3) is 0 Å². The van der Waals surface area contributed by atoms with Gasteiger partial charge in [-0.3, -0.25) is 4.79 Å². The minimum absolute atomic E-state index is 0.398. The van der Waals surface area contributed by atoms with E-state index in [1.807, 2.05) is 6.07 Å². The second-order valence-corrected chi connectivity index (χ2v) is 4.47. The Labute approximate surface area is 96.0 Å². The van der Waals surface area contributed by atoms with Gasteiger partial charge in [-0.1, -0.05) is 34.5 Å². The van der Waals surface area contributed by atoms with Crippen LogP contribution in [0.1, 0.15) is 12.5 Å². The standard InChI is InChI=1S/C10H10BrClO2/c1-6(10(13)14)4-7-5-8(12)2-3-9(7)11/h2-3,5-6H,4H2,1H3,(H,13,14). The first-order valence-corrected chi connectivity index (χ1v) is 5.34. The van der Waals surface area contributed by atoms with Crippen LogP contribution in [0.2, 0.25) is 5.02 Å². The highest BCUT2D eigenvalue weighted by molar-refractivity contribution is 9.10. The Morgan fingerprint density at radius 3 is 2.86 bits per heavy atom. The Kier molecular flexibility index (Phi) is 3.96. The van der Waals surface area contributed by atoms with E-state index in [0.717, 1.165) is 10.0 Å². The second-order valence-electron chi connectivity index (χ2n) is 3.18. The maximum absolute atomic E-state index is 10.7. The van der Waals surface area contributed by atoms with E-state index in [9.17, 15) is 4.79 Å². The Balaban J connectivity index is 2.85. The molecule has 1 rings (SSSR count). The highest BCUT2D eigenvalue weighted by Gasteiger charge is 2.13. The fourth-order valence-electron chi connectivity index (χ4n) is 1.12. The van der Waals surface area contributed by atoms with Gasteiger partial charge in [-0.25, -0.2) is 0 Å². The first-order chi connectivity index (χ1) is 6.50. The van der Waals surface area contributed by atoms with Gasteiger partial charge < -0.3 is 5.11 Å². The molecule has 1 aromatic rings. The monoisotopic (exact) mass is 276 g/mol. The number of rotatable bonds is 3. The Morgan fingerprint density at radius 1 is 1.64 bits per heavy atom. The normalized spacial score (nSPS) is 12.5. The molecule has 0 saturated heterocycles. The van der Waals surface area contributed by atoms with Crippen LogP contribution in [-0.4, -0.2) is 11.1 Å². The molecule has 1 N–H and O–H groups in total. The molecule has 1 unspecified atom stereocenters. The molecule has 4 heteroatoms. The smallest absolute Gasteiger partial charge is 0.306 e. The van der Waals surface area contributed by atoms with Crippen LogP contribution in [0.15, 0.2) is 22.7 Å². The number of carbonyl (C=O) groups is 1. The third-order valence-corrected chi connectivity index (χ3v) is 2.96. The average Bonchev–Trinajstić information content (AvgIpc) is 2.11. The molecule has 76 valence electrons. The summed E-state index contributed by atoms with van der Waals surface area (Å²) in [6, 6.07) is 5.37. The van der Waals surface area contributed by atoms with Gasteiger partial charge in [-0.15, -0.1) is 0 Å². The van der Waals surface area contributed by atoms with Crippen LogP contribution in [0.5, 0.6) is 0 Å². The number of carboxylic acids is 1. The zero-order chi connectivity index (χ0) is 10.7. The first-order valence-electron chi connectivity index (χ1n) is 4.17. The van der Waals surface area contributed by atoms with Crippen molar-refractivity contribution in [3.8, 4) is 0 Å². The Morgan fingerprint density at radius 2 is 2.29 bits per heavy atom. The summed E-state index contributed by atoms with van der Waals surface area (Å²) in [5.74, 6) is -1.19. The largest absolute Gasteiger partial charge is 0.481 e. The predicted octanol–water partition coefficient (Wildman–Crippen LogP) is 3.37. The summed E-state index contributed by atoms with van der Waals surface area (Å²) in [4.78, 5) is 10.7. The molecule has 0 aliphatic carbocycles. The van der Waals surface area contributed by atoms with Gasteiger partial charge in [0.1, 0.15) is 0 Å². The molecule has 0 amide bonds. The van der Waals surface area contributed by atoms with Crippen LogP contribution in [-0.2, 0) is 11.2 Å². The number of benzene rings is 1. The highest BCUT2D eigenvalue weighted by Crippen LogP contribution is 2.23. The topological polar surface area (TPSA) is 37.3 Å². The molecule has 0 fully saturated rings. The van der Waals surface area contributed by atoms with Gasteiger partial charge in [0.05, 0.1) is 5.92 Å². The van der Waals surface area contributed by atoms with Crippen molar-refractivity contribution in [3.63, 3.8) is 0 Å². The maximum Gasteiger partial charge on any atom is 0.306 e. The van der Waals surface area contributed by atoms with Gasteiger partial charge in [0.2, 0.25) is 0 Å². The van der Waals surface area contributed by atoms with Crippen molar-refractivity contribution in [2.24, 2.45) is 5.92 Å². The number of aliphatic carboxylic acids is 1. The molecule has 2 nitrogen and oxygen atoms in total. The molecule has 1 atom stereocenters. The quantitative estimate of drug-likeness (QED) is 0.920. The minimum Gasteiger partial charge on any atom is -0.481 e. The molecule has 0 bridgehead atoms. The zero-order valence-corrected chi connectivity index (χ0v) is 9.97. The van der Waals surface area contributed by atoms with E-state index < -0.39 is 11.9 Å². The van der Waals surface area contributed by atoms with Crippen molar-refractivity contribution >= 4 is 33.5 Å². The van der Waals surface area contributed by atoms with E-state index in [4.69, 9.17) is 16.7 Å². The predicted molar refractivity (Wildman–Crippen MR) is 59.7 cm³/mol. The molecule has 0 aliphatic heterocycles. The maximum atomic E-state index is 10.7. The summed E-state index contributed by atoms with van der Waals surface area (Å²) in [5, 5.41) is 9.38. The van der Waals surface area contributed by atoms with E-state index in [1.54, 1.807) is 19.1 Å². The summed E-state index contributed by atoms with van der Waals surface area (Å²) in [5.41, 5.74) is 0.924. The fourth-order valence-corrected chi connectivity index (χ4v) is 1.72. The lowest BCUT2D eigenvalue weighted by molar-refractivity contribution is -0.141. The first kappa shape index (κ1) is 11.5. The van der Waals surface area contributed by atoms with E-state index in [1.165, 1.54) is 0 Å². The summed E-state index contributed by atoms with van der Waals surface area (Å²) < 4.78 is 0.898. The lowest BCUT2D eigenvalue weighted by atomic mass is 10.0. The van der Waals surface area contributed by atoms with Crippen LogP contribution in [0.4, 0.5) is 0 Å². The van der Waals surface area contributed by atoms with Crippen molar-refractivity contribution in [1.29, 1.82) is 0 Å². The lowest BCUT2D eigenvalue weighted by Gasteiger charge is -2.08. The van der Waals surface area contributed by atoms with Crippen LogP contribution in [0, 0.1) is 5.92 Å². The van der Waals surface area contributed by atoms with Gasteiger partial charge >= 0.3 is 5.97 Å². The van der Waals surface area contributed by atoms with Crippen molar-refractivity contribution in [2.45, 2.75) is 13.3 Å². The van der Waals surface area contributed by atoms with Gasteiger partial charge in [-0.05, 0) is 30.2 Å². The molecule has 1 aromatic carbocycles. The van der Waals surface area contributed by atoms with Gasteiger partial charge in [-0.2, -0.15) is 0 Å². The molecule has 0 radical (unpaired) electrons. The van der Waals surface area contributed by atoms with Crippen LogP contribution < -0.4 is 0 Å². The van der Waals surface area contributed by atoms with Crippen LogP contribution >= 0.6 is 27.5 Å². The molecule has 0 aromatic heterocycles. The summed E-state index contributed by atoms with van der Waals surface area (Å²) in [6.45, 7) is 1.68. The average molecular weight is 278 g/mol. The SMILES string of the molecule is CC(Cc1cc(Cl)ccc1Br)C(=O)O. The van der Waals surface area contributed by atoms with E-state index in [-0.39, 0.29) is 0 Å². The van der Waals surface area contributed by atoms with Crippen molar-refractivity contribution < 1.29 is 9.90 Å². The number of carboxylic acid groups (broad SMARTS) is 1. The van der Waals surface area contributed by atoms with Crippen LogP contribution in [0.25, 0.3) is 0 Å². The molecular weight excluding hydrogens is 267 g/mol. The molecule has 0 aliphatic rings. The summed E-state index contributed by atoms with van der Waals surface area (Å²) in [7, 11) is 0. The summed E-state index contributed by atoms with van der Waals surface area (Å²) >= 11 is 9.17. The molecule has 0 spiro atoms. The Hall–Kier alpha value is -0.540. The van der Waals surface area contributed by atoms with E-state index in [2.05, 4.69) is 15.9 Å². The third kappa shape index (κ3) is 3.00. The highest BCUT2D eigenvalue weighted by atomic mass is 79.9. The second kappa shape index (κ2) is 4.80. The molecule has 0 heterocycles. The number of hydrogen-bond donors (Lipinski definition) is 1. The zero-order valence-electron chi connectivity index (χ0n) is 7.63. The Bertz CT molecular complexity index is 352. The van der Waals surface area contributed by atoms with E-state index >= 15 is 0 Å². The van der Waals surface area contributed by atoms with Gasteiger partial charge in [0, 0.05) is 9.50 Å². The molecular formula is C10H10BrClO2. The molecule has 14 heavy (non-hydrogen) atoms. The fraction of sp³-hybridized carbons (Fsp3) is 0.300. The minimum atomic E-state index is -0.795. The third-order valence-electron chi connectivity index (χ3n) is 1.96. The summed E-state index contributed by atoms with van der Waals surface area (Å²) in [6.07, 6.45) is 0.483. The molecule has 0 saturated carbocycles. The van der Waals surface area contributed by atoms with E-state index in [0.29, 0.717) is 11.4 Å². The van der Waals surface area contributed by atoms with Crippen LogP contribution in [0.3, 0.4) is 0 Å². The number of halogens is 2. The van der Waals surface area contributed by atoms with Crippen molar-refractivity contribution in [2.75, 3.05) is 0 Å². The lowest BCUT2D eigenvalue weighted by Crippen LogP contribution is -2.12. The number of hydrogen-bond acceptors (Lipinski definition) is 1. The van der Waals surface area contributed by atoms with Crippen molar-refractivity contribution in [1.82, 2.24) is 0 Å². The van der Waals surface area contributed by atoms with Gasteiger partial charge in [0.15, 0.2) is 0 Å². The van der Waals surface area contributed by atoms with Crippen molar-refractivity contribution in [3.05, 3.63) is 33.3 Å².